The molecule has 0 saturated carbocycles. The Kier molecular flexibility index (Phi) is 6.48. The first-order valence-corrected chi connectivity index (χ1v) is 9.54. The molecular weight excluding hydrogens is 354 g/mol. The fraction of sp³-hybridized carbons (Fsp3) is 0.304. The van der Waals surface area contributed by atoms with Crippen molar-refractivity contribution < 1.29 is 19.1 Å². The largest absolute Gasteiger partial charge is 0.493 e. The summed E-state index contributed by atoms with van der Waals surface area (Å²) in [7, 11) is 0. The fourth-order valence-electron chi connectivity index (χ4n) is 3.27. The highest BCUT2D eigenvalue weighted by Crippen LogP contribution is 2.21. The Morgan fingerprint density at radius 1 is 1.11 bits per heavy atom. The van der Waals surface area contributed by atoms with Gasteiger partial charge in [-0.2, -0.15) is 0 Å². The Balaban J connectivity index is 1.58. The molecular formula is C23H25NO4. The number of fused-ring (bicyclic) bond motifs is 1. The molecule has 0 N–H and O–H groups in total. The normalized spacial score (nSPS) is 14.4. The minimum atomic E-state index is -0.829. The number of amides is 1. The molecule has 1 aliphatic rings. The molecule has 0 spiro atoms. The van der Waals surface area contributed by atoms with E-state index < -0.39 is 12.1 Å². The summed E-state index contributed by atoms with van der Waals surface area (Å²) in [5, 5.41) is 0. The highest BCUT2D eigenvalue weighted by Gasteiger charge is 2.26. The summed E-state index contributed by atoms with van der Waals surface area (Å²) in [6.45, 7) is 5.24. The molecule has 2 aromatic rings. The summed E-state index contributed by atoms with van der Waals surface area (Å²) < 4.78 is 10.8. The molecule has 5 heteroatoms. The second-order valence-corrected chi connectivity index (χ2v) is 6.66. The summed E-state index contributed by atoms with van der Waals surface area (Å²) in [4.78, 5) is 26.6. The molecule has 2 aromatic carbocycles. The van der Waals surface area contributed by atoms with Crippen LogP contribution < -0.4 is 4.74 Å². The van der Waals surface area contributed by atoms with Gasteiger partial charge in [-0.1, -0.05) is 42.5 Å². The van der Waals surface area contributed by atoms with E-state index in [1.807, 2.05) is 49.4 Å². The molecule has 0 bridgehead atoms. The van der Waals surface area contributed by atoms with Gasteiger partial charge in [0.1, 0.15) is 5.75 Å². The van der Waals surface area contributed by atoms with Crippen LogP contribution in [0.2, 0.25) is 0 Å². The Labute approximate surface area is 165 Å². The van der Waals surface area contributed by atoms with E-state index in [9.17, 15) is 9.59 Å². The van der Waals surface area contributed by atoms with E-state index in [1.54, 1.807) is 17.9 Å². The second kappa shape index (κ2) is 9.22. The maximum Gasteiger partial charge on any atom is 0.331 e. The van der Waals surface area contributed by atoms with Crippen molar-refractivity contribution in [2.75, 3.05) is 13.2 Å². The monoisotopic (exact) mass is 379 g/mol. The molecule has 0 unspecified atom stereocenters. The Morgan fingerprint density at radius 3 is 2.61 bits per heavy atom. The van der Waals surface area contributed by atoms with Gasteiger partial charge >= 0.3 is 5.97 Å². The maximum absolute atomic E-state index is 12.7. The zero-order valence-corrected chi connectivity index (χ0v) is 16.3. The van der Waals surface area contributed by atoms with Crippen molar-refractivity contribution >= 4 is 18.0 Å². The molecule has 28 heavy (non-hydrogen) atoms. The fourth-order valence-corrected chi connectivity index (χ4v) is 3.27. The third kappa shape index (κ3) is 4.80. The van der Waals surface area contributed by atoms with Crippen molar-refractivity contribution in [3.05, 3.63) is 71.3 Å². The highest BCUT2D eigenvalue weighted by molar-refractivity contribution is 5.90. The first kappa shape index (κ1) is 19.7. The van der Waals surface area contributed by atoms with Crippen molar-refractivity contribution in [3.63, 3.8) is 0 Å². The molecule has 0 fully saturated rings. The van der Waals surface area contributed by atoms with Crippen LogP contribution in [0.25, 0.3) is 6.08 Å². The number of benzene rings is 2. The third-order valence-electron chi connectivity index (χ3n) is 4.70. The van der Waals surface area contributed by atoms with Gasteiger partial charge in [0.25, 0.3) is 5.91 Å². The number of ether oxygens (including phenoxy) is 2. The van der Waals surface area contributed by atoms with E-state index in [0.29, 0.717) is 25.4 Å². The number of hydrogen-bond acceptors (Lipinski definition) is 4. The smallest absolute Gasteiger partial charge is 0.331 e. The van der Waals surface area contributed by atoms with E-state index in [-0.39, 0.29) is 5.91 Å². The van der Waals surface area contributed by atoms with E-state index in [4.69, 9.17) is 9.47 Å². The third-order valence-corrected chi connectivity index (χ3v) is 4.70. The Bertz CT molecular complexity index is 874. The van der Waals surface area contributed by atoms with Gasteiger partial charge < -0.3 is 14.4 Å². The van der Waals surface area contributed by atoms with Gasteiger partial charge in [0.2, 0.25) is 0 Å². The summed E-state index contributed by atoms with van der Waals surface area (Å²) in [5.41, 5.74) is 3.20. The van der Waals surface area contributed by atoms with Crippen molar-refractivity contribution in [1.29, 1.82) is 0 Å². The van der Waals surface area contributed by atoms with Gasteiger partial charge in [0, 0.05) is 24.7 Å². The number of rotatable bonds is 6. The molecule has 1 heterocycles. The van der Waals surface area contributed by atoms with Crippen molar-refractivity contribution in [3.8, 4) is 5.75 Å². The molecule has 146 valence electrons. The topological polar surface area (TPSA) is 55.8 Å². The summed E-state index contributed by atoms with van der Waals surface area (Å²) in [6.07, 6.45) is 2.95. The lowest BCUT2D eigenvalue weighted by Crippen LogP contribution is -2.42. The number of para-hydroxylation sites is 1. The van der Waals surface area contributed by atoms with Crippen LogP contribution in [0.3, 0.4) is 0 Å². The first-order chi connectivity index (χ1) is 13.6. The highest BCUT2D eigenvalue weighted by atomic mass is 16.5. The predicted octanol–water partition coefficient (Wildman–Crippen LogP) is 3.62. The Hall–Kier alpha value is -3.08. The average molecular weight is 379 g/mol. The van der Waals surface area contributed by atoms with Crippen molar-refractivity contribution in [1.82, 2.24) is 4.90 Å². The van der Waals surface area contributed by atoms with E-state index in [0.717, 1.165) is 17.5 Å². The molecule has 0 radical (unpaired) electrons. The average Bonchev–Trinajstić information content (AvgIpc) is 2.72. The number of carbonyl (C=O) groups excluding carboxylic acids is 2. The van der Waals surface area contributed by atoms with E-state index >= 15 is 0 Å². The van der Waals surface area contributed by atoms with Gasteiger partial charge in [-0.3, -0.25) is 4.79 Å². The maximum atomic E-state index is 12.7. The molecule has 0 aromatic heterocycles. The standard InChI is InChI=1S/C23H25NO4/c1-3-27-21-11-7-6-9-19(21)12-13-22(25)28-17(2)23(26)24-15-14-18-8-4-5-10-20(18)16-24/h4-13,17H,3,14-16H2,1-2H3/b13-12+/t17-/m0/s1. The van der Waals surface area contributed by atoms with Gasteiger partial charge in [-0.25, -0.2) is 4.79 Å². The van der Waals surface area contributed by atoms with E-state index in [2.05, 4.69) is 6.07 Å². The van der Waals surface area contributed by atoms with Crippen LogP contribution in [0, 0.1) is 0 Å². The van der Waals surface area contributed by atoms with Crippen LogP contribution in [0.1, 0.15) is 30.5 Å². The van der Waals surface area contributed by atoms with Crippen LogP contribution in [0.15, 0.2) is 54.6 Å². The molecule has 0 aliphatic carbocycles. The number of nitrogens with zero attached hydrogens (tertiary/aromatic N) is 1. The first-order valence-electron chi connectivity index (χ1n) is 9.54. The van der Waals surface area contributed by atoms with Crippen molar-refractivity contribution in [2.24, 2.45) is 0 Å². The minimum absolute atomic E-state index is 0.175. The number of hydrogen-bond donors (Lipinski definition) is 0. The van der Waals surface area contributed by atoms with Gasteiger partial charge in [0.15, 0.2) is 6.10 Å². The summed E-state index contributed by atoms with van der Waals surface area (Å²) >= 11 is 0. The van der Waals surface area contributed by atoms with Gasteiger partial charge in [-0.15, -0.1) is 0 Å². The van der Waals surface area contributed by atoms with Gasteiger partial charge in [0.05, 0.1) is 6.61 Å². The van der Waals surface area contributed by atoms with Crippen LogP contribution in [0.4, 0.5) is 0 Å². The zero-order valence-electron chi connectivity index (χ0n) is 16.3. The zero-order chi connectivity index (χ0) is 19.9. The molecule has 1 atom stereocenters. The predicted molar refractivity (Wildman–Crippen MR) is 108 cm³/mol. The molecule has 5 nitrogen and oxygen atoms in total. The molecule has 3 rings (SSSR count). The molecule has 0 saturated heterocycles. The van der Waals surface area contributed by atoms with Crippen LogP contribution in [-0.4, -0.2) is 36.0 Å². The molecule has 1 amide bonds. The SMILES string of the molecule is CCOc1ccccc1/C=C/C(=O)O[C@@H](C)C(=O)N1CCc2ccccc2C1. The quantitative estimate of drug-likeness (QED) is 0.568. The lowest BCUT2D eigenvalue weighted by Gasteiger charge is -2.30. The van der Waals surface area contributed by atoms with E-state index in [1.165, 1.54) is 11.6 Å². The van der Waals surface area contributed by atoms with Crippen LogP contribution >= 0.6 is 0 Å². The minimum Gasteiger partial charge on any atom is -0.493 e. The Morgan fingerprint density at radius 2 is 1.82 bits per heavy atom. The van der Waals surface area contributed by atoms with Gasteiger partial charge in [-0.05, 0) is 43.5 Å². The molecule has 1 aliphatic heterocycles. The number of carbonyl (C=O) groups is 2. The summed E-state index contributed by atoms with van der Waals surface area (Å²) in [5.74, 6) is -0.0271. The second-order valence-electron chi connectivity index (χ2n) is 6.66. The lowest BCUT2D eigenvalue weighted by molar-refractivity contribution is -0.155. The van der Waals surface area contributed by atoms with Crippen molar-refractivity contribution in [2.45, 2.75) is 32.9 Å². The number of esters is 1. The summed E-state index contributed by atoms with van der Waals surface area (Å²) in [6, 6.07) is 15.5. The van der Waals surface area contributed by atoms with Crippen LogP contribution in [-0.2, 0) is 27.3 Å². The van der Waals surface area contributed by atoms with Crippen LogP contribution in [0.5, 0.6) is 5.75 Å². The lowest BCUT2D eigenvalue weighted by atomic mass is 9.99.